The summed E-state index contributed by atoms with van der Waals surface area (Å²) >= 11 is 5.98. The predicted octanol–water partition coefficient (Wildman–Crippen LogP) is 2.78. The Hall–Kier alpha value is -1.33. The maximum absolute atomic E-state index is 11.2. The molecule has 0 amide bonds. The van der Waals surface area contributed by atoms with E-state index in [4.69, 9.17) is 11.6 Å². The first kappa shape index (κ1) is 14.1. The van der Waals surface area contributed by atoms with E-state index < -0.39 is 0 Å². The van der Waals surface area contributed by atoms with Crippen molar-refractivity contribution in [3.63, 3.8) is 0 Å². The summed E-state index contributed by atoms with van der Waals surface area (Å²) < 4.78 is 0. The normalized spacial score (nSPS) is 21.2. The molecule has 1 aromatic rings. The van der Waals surface area contributed by atoms with Crippen molar-refractivity contribution < 1.29 is 4.92 Å². The molecule has 0 N–H and O–H groups in total. The van der Waals surface area contributed by atoms with Crippen LogP contribution in [0.25, 0.3) is 0 Å². The number of likely N-dealkylation sites (N-methyl/N-ethyl adjacent to an activating group) is 1. The molecule has 5 nitrogen and oxygen atoms in total. The molecular weight excluding hydrogens is 266 g/mol. The molecule has 19 heavy (non-hydrogen) atoms. The van der Waals surface area contributed by atoms with Gasteiger partial charge >= 0.3 is 5.69 Å². The maximum Gasteiger partial charge on any atom is 0.310 e. The third-order valence-corrected chi connectivity index (χ3v) is 3.81. The highest BCUT2D eigenvalue weighted by atomic mass is 35.5. The van der Waals surface area contributed by atoms with Crippen LogP contribution in [0.5, 0.6) is 0 Å². The van der Waals surface area contributed by atoms with Gasteiger partial charge in [-0.1, -0.05) is 17.7 Å². The zero-order valence-electron chi connectivity index (χ0n) is 11.2. The van der Waals surface area contributed by atoms with Crippen molar-refractivity contribution in [2.75, 3.05) is 31.6 Å². The lowest BCUT2D eigenvalue weighted by Crippen LogP contribution is -2.38. The number of halogens is 1. The van der Waals surface area contributed by atoms with Gasteiger partial charge in [0, 0.05) is 19.1 Å². The lowest BCUT2D eigenvalue weighted by molar-refractivity contribution is -0.384. The number of hydrogen-bond donors (Lipinski definition) is 0. The summed E-state index contributed by atoms with van der Waals surface area (Å²) in [7, 11) is 2.08. The number of nitrogens with zero attached hydrogens (tertiary/aromatic N) is 3. The summed E-state index contributed by atoms with van der Waals surface area (Å²) in [6, 6.07) is 5.35. The number of nitro groups is 1. The van der Waals surface area contributed by atoms with Gasteiger partial charge in [0.1, 0.15) is 10.7 Å². The molecule has 1 unspecified atom stereocenters. The minimum absolute atomic E-state index is 0.0144. The minimum Gasteiger partial charge on any atom is -0.362 e. The van der Waals surface area contributed by atoms with Gasteiger partial charge in [-0.3, -0.25) is 10.1 Å². The number of rotatable bonds is 2. The highest BCUT2D eigenvalue weighted by Crippen LogP contribution is 2.36. The largest absolute Gasteiger partial charge is 0.362 e. The fourth-order valence-electron chi connectivity index (χ4n) is 2.65. The first-order valence-electron chi connectivity index (χ1n) is 6.39. The van der Waals surface area contributed by atoms with Gasteiger partial charge in [0.05, 0.1) is 4.92 Å². The van der Waals surface area contributed by atoms with Crippen LogP contribution in [0.15, 0.2) is 18.2 Å². The number of anilines is 1. The molecule has 1 saturated heterocycles. The number of para-hydroxylation sites is 1. The highest BCUT2D eigenvalue weighted by molar-refractivity contribution is 6.33. The zero-order chi connectivity index (χ0) is 14.0. The van der Waals surface area contributed by atoms with E-state index in [0.717, 1.165) is 26.1 Å². The number of hydrogen-bond acceptors (Lipinski definition) is 4. The van der Waals surface area contributed by atoms with Gasteiger partial charge in [-0.15, -0.1) is 0 Å². The second kappa shape index (κ2) is 5.75. The zero-order valence-corrected chi connectivity index (χ0v) is 11.9. The molecule has 0 spiro atoms. The van der Waals surface area contributed by atoms with E-state index in [9.17, 15) is 10.1 Å². The fraction of sp³-hybridized carbons (Fsp3) is 0.538. The van der Waals surface area contributed by atoms with Crippen molar-refractivity contribution in [3.05, 3.63) is 33.3 Å². The number of benzene rings is 1. The van der Waals surface area contributed by atoms with E-state index in [1.807, 2.05) is 0 Å². The topological polar surface area (TPSA) is 49.6 Å². The maximum atomic E-state index is 11.2. The second-order valence-electron chi connectivity index (χ2n) is 5.02. The van der Waals surface area contributed by atoms with E-state index in [-0.39, 0.29) is 21.7 Å². The Morgan fingerprint density at radius 2 is 2.16 bits per heavy atom. The summed E-state index contributed by atoms with van der Waals surface area (Å²) in [5.74, 6) is 0. The Morgan fingerprint density at radius 3 is 2.84 bits per heavy atom. The third kappa shape index (κ3) is 2.98. The van der Waals surface area contributed by atoms with Gasteiger partial charge in [0.25, 0.3) is 0 Å². The van der Waals surface area contributed by atoms with Crippen molar-refractivity contribution >= 4 is 23.0 Å². The van der Waals surface area contributed by atoms with E-state index in [1.54, 1.807) is 18.2 Å². The van der Waals surface area contributed by atoms with Gasteiger partial charge in [0.2, 0.25) is 0 Å². The predicted molar refractivity (Wildman–Crippen MR) is 77.0 cm³/mol. The standard InChI is InChI=1S/C13H18ClN3O2/c1-10-9-15(2)7-4-8-16(10)12-6-3-5-11(14)13(12)17(18)19/h3,5-6,10H,4,7-9H2,1-2H3. The molecule has 0 radical (unpaired) electrons. The molecule has 6 heteroatoms. The average Bonchev–Trinajstić information content (AvgIpc) is 2.49. The highest BCUT2D eigenvalue weighted by Gasteiger charge is 2.27. The van der Waals surface area contributed by atoms with Crippen LogP contribution in [0.1, 0.15) is 13.3 Å². The Labute approximate surface area is 117 Å². The first-order chi connectivity index (χ1) is 9.00. The summed E-state index contributed by atoms with van der Waals surface area (Å²) in [6.07, 6.45) is 0.991. The van der Waals surface area contributed by atoms with Gasteiger partial charge in [-0.2, -0.15) is 0 Å². The lowest BCUT2D eigenvalue weighted by Gasteiger charge is -2.29. The molecule has 2 rings (SSSR count). The summed E-state index contributed by atoms with van der Waals surface area (Å²) in [4.78, 5) is 15.2. The van der Waals surface area contributed by atoms with Gasteiger partial charge in [-0.25, -0.2) is 0 Å². The van der Waals surface area contributed by atoms with Crippen LogP contribution >= 0.6 is 11.6 Å². The second-order valence-corrected chi connectivity index (χ2v) is 5.43. The van der Waals surface area contributed by atoms with Crippen LogP contribution in [0.2, 0.25) is 5.02 Å². The van der Waals surface area contributed by atoms with Crippen molar-refractivity contribution in [3.8, 4) is 0 Å². The molecule has 0 aliphatic carbocycles. The van der Waals surface area contributed by atoms with Crippen LogP contribution in [0.4, 0.5) is 11.4 Å². The van der Waals surface area contributed by atoms with E-state index in [1.165, 1.54) is 0 Å². The molecular formula is C13H18ClN3O2. The van der Waals surface area contributed by atoms with Crippen LogP contribution in [-0.2, 0) is 0 Å². The summed E-state index contributed by atoms with van der Waals surface area (Å²) in [5, 5.41) is 11.4. The fourth-order valence-corrected chi connectivity index (χ4v) is 2.89. The molecule has 0 bridgehead atoms. The Balaban J connectivity index is 2.40. The molecule has 1 aliphatic heterocycles. The van der Waals surface area contributed by atoms with E-state index in [0.29, 0.717) is 5.69 Å². The molecule has 1 aliphatic rings. The Morgan fingerprint density at radius 1 is 1.42 bits per heavy atom. The first-order valence-corrected chi connectivity index (χ1v) is 6.76. The van der Waals surface area contributed by atoms with Crippen LogP contribution in [0, 0.1) is 10.1 Å². The smallest absolute Gasteiger partial charge is 0.310 e. The molecule has 1 heterocycles. The van der Waals surface area contributed by atoms with Crippen LogP contribution in [-0.4, -0.2) is 42.5 Å². The van der Waals surface area contributed by atoms with Crippen molar-refractivity contribution in [1.29, 1.82) is 0 Å². The SMILES string of the molecule is CC1CN(C)CCCN1c1cccc(Cl)c1[N+](=O)[O-]. The minimum atomic E-state index is -0.390. The van der Waals surface area contributed by atoms with Crippen molar-refractivity contribution in [2.45, 2.75) is 19.4 Å². The molecule has 104 valence electrons. The van der Waals surface area contributed by atoms with Gasteiger partial charge in [0.15, 0.2) is 0 Å². The summed E-state index contributed by atoms with van der Waals surface area (Å²) in [5.41, 5.74) is 0.640. The lowest BCUT2D eigenvalue weighted by atomic mass is 10.2. The molecule has 1 aromatic carbocycles. The molecule has 1 fully saturated rings. The monoisotopic (exact) mass is 283 g/mol. The molecule has 0 saturated carbocycles. The van der Waals surface area contributed by atoms with Crippen molar-refractivity contribution in [1.82, 2.24) is 4.90 Å². The average molecular weight is 284 g/mol. The Bertz CT molecular complexity index is 481. The number of nitro benzene ring substituents is 1. The molecule has 1 atom stereocenters. The van der Waals surface area contributed by atoms with Crippen molar-refractivity contribution in [2.24, 2.45) is 0 Å². The van der Waals surface area contributed by atoms with E-state index in [2.05, 4.69) is 23.8 Å². The quantitative estimate of drug-likeness (QED) is 0.619. The summed E-state index contributed by atoms with van der Waals surface area (Å²) in [6.45, 7) is 4.80. The van der Waals surface area contributed by atoms with Crippen LogP contribution in [0.3, 0.4) is 0 Å². The van der Waals surface area contributed by atoms with Gasteiger partial charge in [-0.05, 0) is 39.1 Å². The van der Waals surface area contributed by atoms with E-state index >= 15 is 0 Å². The Kier molecular flexibility index (Phi) is 4.27. The third-order valence-electron chi connectivity index (χ3n) is 3.50. The van der Waals surface area contributed by atoms with Crippen LogP contribution < -0.4 is 4.90 Å². The molecule has 0 aromatic heterocycles. The van der Waals surface area contributed by atoms with Gasteiger partial charge < -0.3 is 9.80 Å².